The van der Waals surface area contributed by atoms with Gasteiger partial charge in [-0.15, -0.1) is 0 Å². The lowest BCUT2D eigenvalue weighted by Crippen LogP contribution is -2.37. The Labute approximate surface area is 91.5 Å². The summed E-state index contributed by atoms with van der Waals surface area (Å²) in [6.45, 7) is 12.0. The molecule has 1 atom stereocenters. The Morgan fingerprint density at radius 2 is 1.71 bits per heavy atom. The molecule has 0 bridgehead atoms. The first kappa shape index (κ1) is 14.1. The molecule has 0 aromatic carbocycles. The fourth-order valence-electron chi connectivity index (χ4n) is 1.35. The Hall–Kier alpha value is 0.0669. The molecule has 14 heavy (non-hydrogen) atoms. The van der Waals surface area contributed by atoms with Crippen molar-refractivity contribution in [3.8, 4) is 0 Å². The molecule has 0 saturated carbocycles. The Morgan fingerprint density at radius 3 is 2.00 bits per heavy atom. The highest BCUT2D eigenvalue weighted by atomic mass is 32.2. The number of hydrogen-bond donors (Lipinski definition) is 0. The van der Waals surface area contributed by atoms with E-state index in [0.29, 0.717) is 5.75 Å². The van der Waals surface area contributed by atoms with E-state index in [1.807, 2.05) is 6.92 Å². The molecular weight excluding hydrogens is 212 g/mol. The van der Waals surface area contributed by atoms with Crippen LogP contribution < -0.4 is 0 Å². The Kier molecular flexibility index (Phi) is 6.56. The van der Waals surface area contributed by atoms with E-state index in [9.17, 15) is 4.21 Å². The van der Waals surface area contributed by atoms with E-state index in [4.69, 9.17) is 3.87 Å². The molecule has 0 aliphatic carbocycles. The minimum absolute atomic E-state index is 0.481. The van der Waals surface area contributed by atoms with Crippen LogP contribution >= 0.6 is 0 Å². The van der Waals surface area contributed by atoms with E-state index in [1.165, 1.54) is 0 Å². The molecule has 0 N–H and O–H groups in total. The Morgan fingerprint density at radius 1 is 1.29 bits per heavy atom. The van der Waals surface area contributed by atoms with E-state index < -0.39 is 19.4 Å². The summed E-state index contributed by atoms with van der Waals surface area (Å²) in [7, 11) is -1.69. The van der Waals surface area contributed by atoms with Crippen LogP contribution in [0.2, 0.25) is 18.1 Å². The molecule has 4 heteroatoms. The number of hydrogen-bond acceptors (Lipinski definition) is 2. The van der Waals surface area contributed by atoms with Gasteiger partial charge in [-0.2, -0.15) is 0 Å². The Balaban J connectivity index is 4.29. The monoisotopic (exact) mass is 234 g/mol. The summed E-state index contributed by atoms with van der Waals surface area (Å²) in [5, 5.41) is 0. The lowest BCUT2D eigenvalue weighted by molar-refractivity contribution is 0.547. The van der Waals surface area contributed by atoms with E-state index in [1.54, 1.807) is 0 Å². The summed E-state index contributed by atoms with van der Waals surface area (Å²) in [6.07, 6.45) is 0. The molecule has 0 aliphatic rings. The average Bonchev–Trinajstić information content (AvgIpc) is 2.13. The third-order valence-electron chi connectivity index (χ3n) is 2.57. The van der Waals surface area contributed by atoms with E-state index in [2.05, 4.69) is 27.4 Å². The maximum Gasteiger partial charge on any atom is 0.213 e. The van der Waals surface area contributed by atoms with Crippen LogP contribution in [0.15, 0.2) is 12.2 Å². The molecule has 0 heterocycles. The van der Waals surface area contributed by atoms with Crippen LogP contribution in [0.3, 0.4) is 0 Å². The van der Waals surface area contributed by atoms with Gasteiger partial charge in [-0.25, -0.2) is 4.21 Å². The smallest absolute Gasteiger partial charge is 0.213 e. The highest BCUT2D eigenvalue weighted by Crippen LogP contribution is 2.23. The van der Waals surface area contributed by atoms with Gasteiger partial charge in [-0.05, 0) is 25.1 Å². The highest BCUT2D eigenvalue weighted by molar-refractivity contribution is 7.81. The SMILES string of the molecule is C=C(C)C[S@](=O)O[Si](CC)(CC)CC. The summed E-state index contributed by atoms with van der Waals surface area (Å²) in [5.74, 6) is 0.481. The summed E-state index contributed by atoms with van der Waals surface area (Å²) in [5.41, 5.74) is 0.926. The van der Waals surface area contributed by atoms with Crippen molar-refractivity contribution >= 4 is 19.4 Å². The molecule has 0 aromatic heterocycles. The maximum atomic E-state index is 11.6. The fraction of sp³-hybridized carbons (Fsp3) is 0.800. The second-order valence-corrected chi connectivity index (χ2v) is 9.78. The quantitative estimate of drug-likeness (QED) is 0.499. The van der Waals surface area contributed by atoms with Gasteiger partial charge in [0.05, 0.1) is 5.75 Å². The van der Waals surface area contributed by atoms with Gasteiger partial charge in [0.15, 0.2) is 0 Å². The van der Waals surface area contributed by atoms with Gasteiger partial charge in [0.25, 0.3) is 0 Å². The van der Waals surface area contributed by atoms with Crippen molar-refractivity contribution in [1.82, 2.24) is 0 Å². The zero-order valence-corrected chi connectivity index (χ0v) is 11.6. The van der Waals surface area contributed by atoms with Crippen molar-refractivity contribution in [3.63, 3.8) is 0 Å². The molecule has 2 nitrogen and oxygen atoms in total. The fourth-order valence-corrected chi connectivity index (χ4v) is 6.48. The standard InChI is InChI=1S/C10H22O2SSi/c1-6-14(7-2,8-3)12-13(11)9-10(4)5/h4,6-9H2,1-3,5H3/t13-/m1/s1. The predicted molar refractivity (Wildman–Crippen MR) is 66.1 cm³/mol. The van der Waals surface area contributed by atoms with E-state index >= 15 is 0 Å². The molecular formula is C10H22O2SSi. The molecule has 0 unspecified atom stereocenters. The largest absolute Gasteiger partial charge is 0.334 e. The van der Waals surface area contributed by atoms with Gasteiger partial charge in [0.2, 0.25) is 8.32 Å². The molecule has 0 amide bonds. The molecule has 84 valence electrons. The molecule has 0 saturated heterocycles. The van der Waals surface area contributed by atoms with Gasteiger partial charge in [-0.3, -0.25) is 0 Å². The zero-order valence-electron chi connectivity index (χ0n) is 9.76. The third-order valence-corrected chi connectivity index (χ3v) is 9.32. The summed E-state index contributed by atoms with van der Waals surface area (Å²) in [6, 6.07) is 3.13. The van der Waals surface area contributed by atoms with Crippen LogP contribution in [0.5, 0.6) is 0 Å². The Bertz CT molecular complexity index is 204. The van der Waals surface area contributed by atoms with Gasteiger partial charge >= 0.3 is 0 Å². The van der Waals surface area contributed by atoms with E-state index in [0.717, 1.165) is 23.7 Å². The van der Waals surface area contributed by atoms with E-state index in [-0.39, 0.29) is 0 Å². The molecule has 0 fully saturated rings. The van der Waals surface area contributed by atoms with Crippen molar-refractivity contribution < 1.29 is 8.08 Å². The average molecular weight is 234 g/mol. The van der Waals surface area contributed by atoms with Crippen LogP contribution in [-0.4, -0.2) is 18.3 Å². The summed E-state index contributed by atoms with van der Waals surface area (Å²) >= 11 is -1.16. The molecule has 0 spiro atoms. The minimum Gasteiger partial charge on any atom is -0.334 e. The normalized spacial score (nSPS) is 14.0. The van der Waals surface area contributed by atoms with Crippen molar-refractivity contribution in [2.75, 3.05) is 5.75 Å². The zero-order chi connectivity index (χ0) is 11.2. The first-order valence-corrected chi connectivity index (χ1v) is 8.99. The van der Waals surface area contributed by atoms with Gasteiger partial charge in [0, 0.05) is 0 Å². The first-order chi connectivity index (χ1) is 6.49. The first-order valence-electron chi connectivity index (χ1n) is 5.22. The van der Waals surface area contributed by atoms with Crippen LogP contribution in [0, 0.1) is 0 Å². The molecule has 0 aliphatic heterocycles. The summed E-state index contributed by atoms with van der Waals surface area (Å²) in [4.78, 5) is 0. The van der Waals surface area contributed by atoms with Crippen LogP contribution in [0.4, 0.5) is 0 Å². The lowest BCUT2D eigenvalue weighted by atomic mass is 10.4. The van der Waals surface area contributed by atoms with Gasteiger partial charge < -0.3 is 3.87 Å². The van der Waals surface area contributed by atoms with Crippen molar-refractivity contribution in [3.05, 3.63) is 12.2 Å². The van der Waals surface area contributed by atoms with Gasteiger partial charge in [-0.1, -0.05) is 32.9 Å². The van der Waals surface area contributed by atoms with Gasteiger partial charge in [0.1, 0.15) is 11.1 Å². The summed E-state index contributed by atoms with van der Waals surface area (Å²) < 4.78 is 17.4. The van der Waals surface area contributed by atoms with Crippen molar-refractivity contribution in [1.29, 1.82) is 0 Å². The van der Waals surface area contributed by atoms with Crippen molar-refractivity contribution in [2.24, 2.45) is 0 Å². The minimum atomic E-state index is -1.69. The van der Waals surface area contributed by atoms with Crippen LogP contribution in [-0.2, 0) is 15.0 Å². The lowest BCUT2D eigenvalue weighted by Gasteiger charge is -2.26. The number of rotatable bonds is 7. The topological polar surface area (TPSA) is 26.3 Å². The second kappa shape index (κ2) is 6.53. The molecule has 0 aromatic rings. The predicted octanol–water partition coefficient (Wildman–Crippen LogP) is 3.25. The third kappa shape index (κ3) is 4.53. The van der Waals surface area contributed by atoms with Crippen molar-refractivity contribution in [2.45, 2.75) is 45.8 Å². The maximum absolute atomic E-state index is 11.6. The van der Waals surface area contributed by atoms with Crippen LogP contribution in [0.25, 0.3) is 0 Å². The molecule has 0 rings (SSSR count). The highest BCUT2D eigenvalue weighted by Gasteiger charge is 2.31. The van der Waals surface area contributed by atoms with Crippen LogP contribution in [0.1, 0.15) is 27.7 Å². The second-order valence-electron chi connectivity index (χ2n) is 3.73. The molecule has 0 radical (unpaired) electrons.